The summed E-state index contributed by atoms with van der Waals surface area (Å²) in [6.07, 6.45) is 11.3. The maximum absolute atomic E-state index is 5.77. The van der Waals surface area contributed by atoms with Gasteiger partial charge in [-0.05, 0) is 49.8 Å². The highest BCUT2D eigenvalue weighted by atomic mass is 16.5. The van der Waals surface area contributed by atoms with Gasteiger partial charge in [0.15, 0.2) is 0 Å². The zero-order valence-corrected chi connectivity index (χ0v) is 17.1. The SMILES string of the molecule is CCCCCCc1ccc(-c2ccc(OCCCCOCCC)cn2)cc1. The number of rotatable bonds is 14. The zero-order valence-electron chi connectivity index (χ0n) is 17.1. The zero-order chi connectivity index (χ0) is 19.2. The molecule has 1 heterocycles. The molecule has 0 saturated heterocycles. The van der Waals surface area contributed by atoms with Crippen LogP contribution in [0.3, 0.4) is 0 Å². The van der Waals surface area contributed by atoms with Crippen LogP contribution in [0.15, 0.2) is 42.6 Å². The molecule has 1 aromatic carbocycles. The fourth-order valence-corrected chi connectivity index (χ4v) is 2.98. The van der Waals surface area contributed by atoms with Gasteiger partial charge >= 0.3 is 0 Å². The van der Waals surface area contributed by atoms with Crippen molar-refractivity contribution < 1.29 is 9.47 Å². The van der Waals surface area contributed by atoms with Crippen LogP contribution in [0.5, 0.6) is 5.75 Å². The lowest BCUT2D eigenvalue weighted by atomic mass is 10.0. The van der Waals surface area contributed by atoms with E-state index in [2.05, 4.69) is 43.1 Å². The Kier molecular flexibility index (Phi) is 10.6. The van der Waals surface area contributed by atoms with Crippen LogP contribution >= 0.6 is 0 Å². The van der Waals surface area contributed by atoms with Gasteiger partial charge in [-0.25, -0.2) is 0 Å². The van der Waals surface area contributed by atoms with E-state index in [4.69, 9.17) is 9.47 Å². The van der Waals surface area contributed by atoms with Crippen LogP contribution in [-0.2, 0) is 11.2 Å². The van der Waals surface area contributed by atoms with E-state index in [1.165, 1.54) is 37.7 Å². The van der Waals surface area contributed by atoms with E-state index in [1.807, 2.05) is 18.3 Å². The molecule has 0 bridgehead atoms. The molecule has 0 aliphatic rings. The molecule has 0 amide bonds. The Labute approximate surface area is 165 Å². The van der Waals surface area contributed by atoms with E-state index >= 15 is 0 Å². The van der Waals surface area contributed by atoms with Crippen LogP contribution in [0.4, 0.5) is 0 Å². The van der Waals surface area contributed by atoms with Crippen LogP contribution in [-0.4, -0.2) is 24.8 Å². The minimum Gasteiger partial charge on any atom is -0.492 e. The molecule has 0 saturated carbocycles. The molecule has 0 radical (unpaired) electrons. The number of pyridine rings is 1. The summed E-state index contributed by atoms with van der Waals surface area (Å²) in [6, 6.07) is 12.9. The Balaban J connectivity index is 1.72. The maximum atomic E-state index is 5.77. The fraction of sp³-hybridized carbons (Fsp3) is 0.542. The van der Waals surface area contributed by atoms with Gasteiger partial charge < -0.3 is 9.47 Å². The van der Waals surface area contributed by atoms with E-state index in [9.17, 15) is 0 Å². The van der Waals surface area contributed by atoms with Gasteiger partial charge in [0.2, 0.25) is 0 Å². The molecule has 2 aromatic rings. The van der Waals surface area contributed by atoms with Crippen LogP contribution in [0.2, 0.25) is 0 Å². The van der Waals surface area contributed by atoms with Crippen molar-refractivity contribution in [2.75, 3.05) is 19.8 Å². The number of hydrogen-bond acceptors (Lipinski definition) is 3. The highest BCUT2D eigenvalue weighted by Crippen LogP contribution is 2.21. The predicted molar refractivity (Wildman–Crippen MR) is 113 cm³/mol. The second-order valence-corrected chi connectivity index (χ2v) is 7.05. The molecular formula is C24H35NO2. The van der Waals surface area contributed by atoms with Crippen molar-refractivity contribution in [3.05, 3.63) is 48.2 Å². The molecule has 0 aliphatic heterocycles. The van der Waals surface area contributed by atoms with Gasteiger partial charge in [0.1, 0.15) is 5.75 Å². The van der Waals surface area contributed by atoms with Crippen molar-refractivity contribution in [3.63, 3.8) is 0 Å². The van der Waals surface area contributed by atoms with Crippen LogP contribution in [0, 0.1) is 0 Å². The molecule has 27 heavy (non-hydrogen) atoms. The monoisotopic (exact) mass is 369 g/mol. The van der Waals surface area contributed by atoms with Crippen LogP contribution in [0.1, 0.15) is 64.4 Å². The molecule has 0 unspecified atom stereocenters. The number of benzene rings is 1. The number of aryl methyl sites for hydroxylation is 1. The lowest BCUT2D eigenvalue weighted by Crippen LogP contribution is -2.01. The van der Waals surface area contributed by atoms with Gasteiger partial charge in [-0.1, -0.05) is 57.4 Å². The van der Waals surface area contributed by atoms with Crippen LogP contribution < -0.4 is 4.74 Å². The fourth-order valence-electron chi connectivity index (χ4n) is 2.98. The second kappa shape index (κ2) is 13.3. The van der Waals surface area contributed by atoms with E-state index in [0.717, 1.165) is 49.5 Å². The highest BCUT2D eigenvalue weighted by molar-refractivity contribution is 5.59. The van der Waals surface area contributed by atoms with Gasteiger partial charge in [-0.15, -0.1) is 0 Å². The third kappa shape index (κ3) is 8.57. The molecule has 0 N–H and O–H groups in total. The number of nitrogens with zero attached hydrogens (tertiary/aromatic N) is 1. The molecule has 0 aliphatic carbocycles. The molecule has 2 rings (SSSR count). The Morgan fingerprint density at radius 2 is 1.56 bits per heavy atom. The molecular weight excluding hydrogens is 334 g/mol. The lowest BCUT2D eigenvalue weighted by Gasteiger charge is -2.08. The number of aromatic nitrogens is 1. The minimum atomic E-state index is 0.712. The average Bonchev–Trinajstić information content (AvgIpc) is 2.71. The Hall–Kier alpha value is -1.87. The summed E-state index contributed by atoms with van der Waals surface area (Å²) in [4.78, 5) is 4.55. The van der Waals surface area contributed by atoms with Gasteiger partial charge in [-0.3, -0.25) is 4.98 Å². The largest absolute Gasteiger partial charge is 0.492 e. The van der Waals surface area contributed by atoms with Crippen LogP contribution in [0.25, 0.3) is 11.3 Å². The maximum Gasteiger partial charge on any atom is 0.137 e. The van der Waals surface area contributed by atoms with E-state index in [1.54, 1.807) is 0 Å². The second-order valence-electron chi connectivity index (χ2n) is 7.05. The van der Waals surface area contributed by atoms with Gasteiger partial charge in [0, 0.05) is 18.8 Å². The lowest BCUT2D eigenvalue weighted by molar-refractivity contribution is 0.127. The smallest absolute Gasteiger partial charge is 0.137 e. The molecule has 0 atom stereocenters. The predicted octanol–water partition coefficient (Wildman–Crippen LogP) is 6.46. The van der Waals surface area contributed by atoms with Crippen molar-refractivity contribution in [1.82, 2.24) is 4.98 Å². The average molecular weight is 370 g/mol. The standard InChI is InChI=1S/C24H35NO2/c1-3-5-6-7-10-21-11-13-22(14-12-21)24-16-15-23(20-25-24)27-19-9-8-18-26-17-4-2/h11-16,20H,3-10,17-19H2,1-2H3. The molecule has 3 heteroatoms. The van der Waals surface area contributed by atoms with Gasteiger partial charge in [0.25, 0.3) is 0 Å². The number of hydrogen-bond donors (Lipinski definition) is 0. The summed E-state index contributed by atoms with van der Waals surface area (Å²) >= 11 is 0. The third-order valence-electron chi connectivity index (χ3n) is 4.61. The highest BCUT2D eigenvalue weighted by Gasteiger charge is 2.02. The van der Waals surface area contributed by atoms with Crippen molar-refractivity contribution in [3.8, 4) is 17.0 Å². The summed E-state index contributed by atoms with van der Waals surface area (Å²) in [6.45, 7) is 6.77. The Bertz CT molecular complexity index is 607. The van der Waals surface area contributed by atoms with Crippen molar-refractivity contribution >= 4 is 0 Å². The summed E-state index contributed by atoms with van der Waals surface area (Å²) in [5, 5.41) is 0. The number of ether oxygens (including phenoxy) is 2. The molecule has 1 aromatic heterocycles. The molecule has 3 nitrogen and oxygen atoms in total. The van der Waals surface area contributed by atoms with Gasteiger partial charge in [0.05, 0.1) is 18.5 Å². The van der Waals surface area contributed by atoms with Crippen molar-refractivity contribution in [2.24, 2.45) is 0 Å². The summed E-state index contributed by atoms with van der Waals surface area (Å²) in [5.41, 5.74) is 3.57. The molecule has 0 fully saturated rings. The molecule has 0 spiro atoms. The van der Waals surface area contributed by atoms with E-state index < -0.39 is 0 Å². The van der Waals surface area contributed by atoms with Crippen molar-refractivity contribution in [1.29, 1.82) is 0 Å². The first-order valence-corrected chi connectivity index (χ1v) is 10.6. The number of unbranched alkanes of at least 4 members (excludes halogenated alkanes) is 4. The summed E-state index contributed by atoms with van der Waals surface area (Å²) in [5.74, 6) is 0.834. The minimum absolute atomic E-state index is 0.712. The summed E-state index contributed by atoms with van der Waals surface area (Å²) in [7, 11) is 0. The Morgan fingerprint density at radius 1 is 0.741 bits per heavy atom. The third-order valence-corrected chi connectivity index (χ3v) is 4.61. The quantitative estimate of drug-likeness (QED) is 0.358. The normalized spacial score (nSPS) is 10.9. The molecule has 148 valence electrons. The van der Waals surface area contributed by atoms with E-state index in [0.29, 0.717) is 6.61 Å². The Morgan fingerprint density at radius 3 is 2.26 bits per heavy atom. The summed E-state index contributed by atoms with van der Waals surface area (Å²) < 4.78 is 11.2. The first-order chi connectivity index (χ1) is 13.3. The topological polar surface area (TPSA) is 31.4 Å². The first kappa shape index (κ1) is 21.4. The van der Waals surface area contributed by atoms with Gasteiger partial charge in [-0.2, -0.15) is 0 Å². The van der Waals surface area contributed by atoms with Crippen molar-refractivity contribution in [2.45, 2.75) is 65.2 Å². The first-order valence-electron chi connectivity index (χ1n) is 10.6. The van der Waals surface area contributed by atoms with E-state index in [-0.39, 0.29) is 0 Å².